The highest BCUT2D eigenvalue weighted by Crippen LogP contribution is 2.07. The normalized spacial score (nSPS) is 9.41. The van der Waals surface area contributed by atoms with Crippen molar-refractivity contribution in [3.63, 3.8) is 0 Å². The Bertz CT molecular complexity index is 484. The van der Waals surface area contributed by atoms with Crippen LogP contribution in [0.15, 0.2) is 36.7 Å². The molecule has 0 saturated carbocycles. The summed E-state index contributed by atoms with van der Waals surface area (Å²) in [6.45, 7) is 0.110. The highest BCUT2D eigenvalue weighted by Gasteiger charge is 2.04. The van der Waals surface area contributed by atoms with Crippen LogP contribution < -0.4 is 28.3 Å². The molecule has 0 saturated heterocycles. The summed E-state index contributed by atoms with van der Waals surface area (Å²) < 4.78 is 6.75. The minimum atomic E-state index is 0. The van der Waals surface area contributed by atoms with Gasteiger partial charge in [-0.05, 0) is 12.1 Å². The number of hydrogen-bond donors (Lipinski definition) is 2. The lowest BCUT2D eigenvalue weighted by Crippen LogP contribution is -3.00. The van der Waals surface area contributed by atoms with Gasteiger partial charge in [-0.3, -0.25) is 11.1 Å². The molecule has 90 valence electrons. The van der Waals surface area contributed by atoms with Crippen LogP contribution in [0.2, 0.25) is 0 Å². The molecule has 0 amide bonds. The number of para-hydroxylation sites is 1. The van der Waals surface area contributed by atoms with Gasteiger partial charge in [0, 0.05) is 0 Å². The van der Waals surface area contributed by atoms with Crippen LogP contribution in [0.5, 0.6) is 6.01 Å². The van der Waals surface area contributed by atoms with Gasteiger partial charge < -0.3 is 17.1 Å². The molecule has 6 nitrogen and oxygen atoms in total. The maximum atomic E-state index is 5.27. The Kier molecular flexibility index (Phi) is 4.47. The van der Waals surface area contributed by atoms with E-state index in [-0.39, 0.29) is 30.9 Å². The van der Waals surface area contributed by atoms with E-state index in [4.69, 9.17) is 15.9 Å². The third-order valence-electron chi connectivity index (χ3n) is 1.86. The van der Waals surface area contributed by atoms with Gasteiger partial charge in [-0.1, -0.05) is 18.2 Å². The van der Waals surface area contributed by atoms with Gasteiger partial charge in [0.2, 0.25) is 0 Å². The summed E-state index contributed by atoms with van der Waals surface area (Å²) in [5, 5.41) is 9.38. The molecule has 0 atom stereocenters. The largest absolute Gasteiger partial charge is 1.00 e. The Hall–Kier alpha value is -2.08. The summed E-state index contributed by atoms with van der Waals surface area (Å²) >= 11 is 0. The highest BCUT2D eigenvalue weighted by molar-refractivity contribution is 5.75. The summed E-state index contributed by atoms with van der Waals surface area (Å²) in [5.74, 6) is 0.191. The molecule has 0 bridgehead atoms. The van der Waals surface area contributed by atoms with Gasteiger partial charge in [-0.25, -0.2) is 4.68 Å². The van der Waals surface area contributed by atoms with Crippen molar-refractivity contribution in [1.29, 1.82) is 0 Å². The number of aromatic nitrogens is 3. The van der Waals surface area contributed by atoms with Crippen molar-refractivity contribution in [3.8, 4) is 11.7 Å². The summed E-state index contributed by atoms with van der Waals surface area (Å²) in [5.41, 5.74) is 6.18. The molecule has 0 spiro atoms. The molecular formula is C10H12ClN5O. The Balaban J connectivity index is 0.00000144. The zero-order valence-corrected chi connectivity index (χ0v) is 9.71. The molecule has 0 aliphatic rings. The number of benzene rings is 1. The third kappa shape index (κ3) is 3.46. The molecule has 0 aliphatic carbocycles. The molecule has 1 aromatic heterocycles. The van der Waals surface area contributed by atoms with Crippen LogP contribution in [0.3, 0.4) is 0 Å². The van der Waals surface area contributed by atoms with Crippen LogP contribution in [-0.2, 0) is 0 Å². The van der Waals surface area contributed by atoms with Crippen molar-refractivity contribution in [2.45, 2.75) is 0 Å². The molecule has 0 radical (unpaired) electrons. The van der Waals surface area contributed by atoms with E-state index < -0.39 is 0 Å². The van der Waals surface area contributed by atoms with Gasteiger partial charge in [0.05, 0.1) is 5.69 Å². The minimum Gasteiger partial charge on any atom is -1.00 e. The smallest absolute Gasteiger partial charge is 0.336 e. The zero-order chi connectivity index (χ0) is 11.4. The summed E-state index contributed by atoms with van der Waals surface area (Å²) in [7, 11) is 0. The van der Waals surface area contributed by atoms with Gasteiger partial charge in [-0.2, -0.15) is 4.98 Å². The lowest BCUT2D eigenvalue weighted by molar-refractivity contribution is -0.120. The first-order valence-electron chi connectivity index (χ1n) is 4.72. The predicted octanol–water partition coefficient (Wildman–Crippen LogP) is -4.23. The molecule has 1 heterocycles. The monoisotopic (exact) mass is 253 g/mol. The van der Waals surface area contributed by atoms with Crippen LogP contribution in [0.1, 0.15) is 0 Å². The van der Waals surface area contributed by atoms with Crippen LogP contribution in [0.4, 0.5) is 0 Å². The van der Waals surface area contributed by atoms with Crippen LogP contribution >= 0.6 is 0 Å². The summed E-state index contributed by atoms with van der Waals surface area (Å²) in [6, 6.07) is 9.86. The van der Waals surface area contributed by atoms with E-state index in [0.29, 0.717) is 0 Å². The quantitative estimate of drug-likeness (QED) is 0.427. The van der Waals surface area contributed by atoms with E-state index in [0.717, 1.165) is 5.69 Å². The van der Waals surface area contributed by atoms with Crippen LogP contribution in [0.25, 0.3) is 5.69 Å². The van der Waals surface area contributed by atoms with Crippen molar-refractivity contribution in [3.05, 3.63) is 36.7 Å². The fourth-order valence-corrected chi connectivity index (χ4v) is 1.17. The average Bonchev–Trinajstić information content (AvgIpc) is 2.76. The second-order valence-corrected chi connectivity index (χ2v) is 3.17. The molecule has 17 heavy (non-hydrogen) atoms. The number of nitrogens with two attached hydrogens (primary N) is 2. The standard InChI is InChI=1S/C10H11N5O.ClH/c11-9(12)6-16-10-13-7-15(14-10)8-4-2-1-3-5-8;/h1-5,7H,6H2,(H3,11,12);1H. The fraction of sp³-hybridized carbons (Fsp3) is 0.100. The Morgan fingerprint density at radius 1 is 1.35 bits per heavy atom. The minimum absolute atomic E-state index is 0. The van der Waals surface area contributed by atoms with Crippen molar-refractivity contribution in [1.82, 2.24) is 14.8 Å². The van der Waals surface area contributed by atoms with E-state index >= 15 is 0 Å². The third-order valence-corrected chi connectivity index (χ3v) is 1.86. The Morgan fingerprint density at radius 2 is 2.06 bits per heavy atom. The summed E-state index contributed by atoms with van der Waals surface area (Å²) in [6.07, 6.45) is 1.57. The fourth-order valence-electron chi connectivity index (χ4n) is 1.17. The Labute approximate surface area is 104 Å². The first-order chi connectivity index (χ1) is 7.75. The predicted molar refractivity (Wildman–Crippen MR) is 58.0 cm³/mol. The van der Waals surface area contributed by atoms with E-state index in [1.807, 2.05) is 30.3 Å². The second kappa shape index (κ2) is 5.86. The second-order valence-electron chi connectivity index (χ2n) is 3.17. The van der Waals surface area contributed by atoms with E-state index in [2.05, 4.69) is 10.1 Å². The van der Waals surface area contributed by atoms with E-state index in [1.54, 1.807) is 11.0 Å². The molecule has 0 aliphatic heterocycles. The highest BCUT2D eigenvalue weighted by atomic mass is 35.5. The lowest BCUT2D eigenvalue weighted by Gasteiger charge is -1.98. The molecule has 2 rings (SSSR count). The number of ether oxygens (including phenoxy) is 1. The zero-order valence-electron chi connectivity index (χ0n) is 8.95. The number of halogens is 1. The molecule has 2 aromatic rings. The maximum absolute atomic E-state index is 5.27. The number of rotatable bonds is 4. The van der Waals surface area contributed by atoms with Gasteiger partial charge in [0.25, 0.3) is 5.84 Å². The SMILES string of the molecule is NC(=[NH2+])COc1ncn(-c2ccccc2)n1.[Cl-]. The molecule has 7 heteroatoms. The first kappa shape index (κ1) is 13.0. The van der Waals surface area contributed by atoms with Crippen molar-refractivity contribution < 1.29 is 22.6 Å². The van der Waals surface area contributed by atoms with Gasteiger partial charge in [0.1, 0.15) is 6.33 Å². The Morgan fingerprint density at radius 3 is 2.71 bits per heavy atom. The topological polar surface area (TPSA) is 91.5 Å². The van der Waals surface area contributed by atoms with Crippen LogP contribution in [-0.4, -0.2) is 27.2 Å². The molecule has 1 aromatic carbocycles. The van der Waals surface area contributed by atoms with Crippen molar-refractivity contribution >= 4 is 5.84 Å². The number of nitrogens with zero attached hydrogens (tertiary/aromatic N) is 3. The van der Waals surface area contributed by atoms with Gasteiger partial charge in [-0.15, -0.1) is 5.10 Å². The van der Waals surface area contributed by atoms with Gasteiger partial charge >= 0.3 is 6.01 Å². The summed E-state index contributed by atoms with van der Waals surface area (Å²) in [4.78, 5) is 3.97. The number of amidine groups is 1. The van der Waals surface area contributed by atoms with E-state index in [1.165, 1.54) is 0 Å². The maximum Gasteiger partial charge on any atom is 0.336 e. The van der Waals surface area contributed by atoms with Gasteiger partial charge in [0.15, 0.2) is 6.61 Å². The lowest BCUT2D eigenvalue weighted by atomic mass is 10.3. The number of hydrogen-bond acceptors (Lipinski definition) is 3. The molecule has 0 unspecified atom stereocenters. The molecule has 4 N–H and O–H groups in total. The van der Waals surface area contributed by atoms with Crippen LogP contribution in [0, 0.1) is 0 Å². The van der Waals surface area contributed by atoms with Crippen molar-refractivity contribution in [2.24, 2.45) is 5.73 Å². The van der Waals surface area contributed by atoms with Crippen molar-refractivity contribution in [2.75, 3.05) is 6.61 Å². The average molecular weight is 254 g/mol. The molecule has 0 fully saturated rings. The first-order valence-corrected chi connectivity index (χ1v) is 4.72. The van der Waals surface area contributed by atoms with E-state index in [9.17, 15) is 0 Å². The molecular weight excluding hydrogens is 242 g/mol.